The first-order valence-corrected chi connectivity index (χ1v) is 24.7. The number of methoxy groups -OCH3 is 1. The van der Waals surface area contributed by atoms with Crippen molar-refractivity contribution in [1.82, 2.24) is 39.5 Å². The fraction of sp³-hybridized carbons (Fsp3) is 0.532. The van der Waals surface area contributed by atoms with Gasteiger partial charge in [0.2, 0.25) is 21.8 Å². The average molecular weight is 931 g/mol. The summed E-state index contributed by atoms with van der Waals surface area (Å²) < 4.78 is 40.8. The number of hydrogen-bond donors (Lipinski definition) is 2. The second kappa shape index (κ2) is 19.5. The summed E-state index contributed by atoms with van der Waals surface area (Å²) in [5, 5.41) is 9.07. The summed E-state index contributed by atoms with van der Waals surface area (Å²) in [6.07, 6.45) is 4.85. The summed E-state index contributed by atoms with van der Waals surface area (Å²) in [6.45, 7) is 12.0. The topological polar surface area (TPSA) is 185 Å². The molecule has 5 atom stereocenters. The molecule has 16 nitrogen and oxygen atoms in total. The van der Waals surface area contributed by atoms with Gasteiger partial charge in [0, 0.05) is 91.7 Å². The van der Waals surface area contributed by atoms with Crippen molar-refractivity contribution < 1.29 is 37.1 Å². The van der Waals surface area contributed by atoms with Gasteiger partial charge in [0.1, 0.15) is 18.1 Å². The van der Waals surface area contributed by atoms with Crippen molar-refractivity contribution in [1.29, 1.82) is 0 Å². The lowest BCUT2D eigenvalue weighted by atomic mass is 9.84. The molecule has 6 heterocycles. The van der Waals surface area contributed by atoms with E-state index in [1.165, 1.54) is 31.6 Å². The molecule has 4 aromatic rings. The molecular formula is C47H62N8O8S2. The van der Waals surface area contributed by atoms with Gasteiger partial charge in [-0.25, -0.2) is 18.8 Å². The highest BCUT2D eigenvalue weighted by atomic mass is 32.2. The first-order valence-electron chi connectivity index (χ1n) is 22.3. The quantitative estimate of drug-likeness (QED) is 0.195. The van der Waals surface area contributed by atoms with Crippen molar-refractivity contribution in [3.63, 3.8) is 0 Å². The molecule has 1 aromatic carbocycles. The van der Waals surface area contributed by atoms with Crippen LogP contribution in [0.15, 0.2) is 53.4 Å². The maximum Gasteiger partial charge on any atom is 0.324 e. The summed E-state index contributed by atoms with van der Waals surface area (Å²) in [4.78, 5) is 68.0. The third-order valence-corrected chi connectivity index (χ3v) is 15.3. The molecule has 6 bridgehead atoms. The number of thiazole rings is 1. The number of hydrogen-bond acceptors (Lipinski definition) is 12. The van der Waals surface area contributed by atoms with Crippen LogP contribution in [0.2, 0.25) is 0 Å². The molecule has 3 aliphatic heterocycles. The standard InChI is InChI=1S/C47H62N8O8S2/c1-10-21-65(60,61)54-20-17-31(25-54)44(57)53(8)41(28(2)3)43(56)50-36-23-39-49-37(26-64-39)30-15-16-38-33(22-30)34(42(52(38)7)32-13-11-18-48-40(32)29(4)62-9)24-47(5,6)27-63-46(59)35-14-12-19-55(51-35)45(36)58/h10-11,13,15-16,18,21-22,26,28-29,31,35-36,41,51H,12,14,17,19-20,23-25,27H2,1-9H3,(H,50,56)/b21-10+/t29-,31-,35-,36-,41-/m0/s1. The second-order valence-electron chi connectivity index (χ2n) is 18.6. The van der Waals surface area contributed by atoms with E-state index in [1.54, 1.807) is 27.3 Å². The van der Waals surface area contributed by atoms with Crippen LogP contribution in [-0.4, -0.2) is 119 Å². The molecule has 2 N–H and O–H groups in total. The number of benzene rings is 1. The minimum absolute atomic E-state index is 0.0102. The Bertz CT molecular complexity index is 2590. The number of fused-ring (bicyclic) bond motifs is 6. The van der Waals surface area contributed by atoms with Crippen molar-refractivity contribution in [2.45, 2.75) is 97.9 Å². The second-order valence-corrected chi connectivity index (χ2v) is 21.3. The Kier molecular flexibility index (Phi) is 14.3. The smallest absolute Gasteiger partial charge is 0.324 e. The molecular weight excluding hydrogens is 869 g/mol. The van der Waals surface area contributed by atoms with Gasteiger partial charge in [-0.1, -0.05) is 39.8 Å². The average Bonchev–Trinajstić information content (AvgIpc) is 4.03. The molecule has 0 radical (unpaired) electrons. The van der Waals surface area contributed by atoms with Crippen LogP contribution in [0.3, 0.4) is 0 Å². The number of hydrazine groups is 1. The van der Waals surface area contributed by atoms with Crippen molar-refractivity contribution in [2.75, 3.05) is 40.4 Å². The minimum atomic E-state index is -3.67. The molecule has 65 heavy (non-hydrogen) atoms. The number of esters is 1. The zero-order chi connectivity index (χ0) is 47.0. The highest BCUT2D eigenvalue weighted by Gasteiger charge is 2.41. The molecule has 0 unspecified atom stereocenters. The van der Waals surface area contributed by atoms with E-state index in [0.717, 1.165) is 44.4 Å². The molecule has 3 amide bonds. The van der Waals surface area contributed by atoms with Gasteiger partial charge in [-0.2, -0.15) is 4.31 Å². The number of allylic oxidation sites excluding steroid dienone is 1. The van der Waals surface area contributed by atoms with E-state index in [1.807, 2.05) is 45.3 Å². The van der Waals surface area contributed by atoms with Crippen molar-refractivity contribution >= 4 is 56.0 Å². The summed E-state index contributed by atoms with van der Waals surface area (Å²) in [5.74, 6) is -2.81. The number of likely N-dealkylation sites (N-methyl/N-ethyl adjacent to an activating group) is 1. The van der Waals surface area contributed by atoms with Gasteiger partial charge in [-0.3, -0.25) is 29.2 Å². The highest BCUT2D eigenvalue weighted by molar-refractivity contribution is 7.92. The van der Waals surface area contributed by atoms with E-state index < -0.39 is 57.3 Å². The molecule has 18 heteroatoms. The van der Waals surface area contributed by atoms with Gasteiger partial charge in [0.15, 0.2) is 0 Å². The van der Waals surface area contributed by atoms with E-state index in [0.29, 0.717) is 42.9 Å². The number of nitrogens with zero attached hydrogens (tertiary/aromatic N) is 6. The molecule has 2 saturated heterocycles. The zero-order valence-electron chi connectivity index (χ0n) is 38.8. The van der Waals surface area contributed by atoms with Gasteiger partial charge in [0.05, 0.1) is 40.7 Å². The predicted molar refractivity (Wildman–Crippen MR) is 249 cm³/mol. The Morgan fingerprint density at radius 2 is 1.91 bits per heavy atom. The highest BCUT2D eigenvalue weighted by Crippen LogP contribution is 2.41. The Morgan fingerprint density at radius 1 is 1.14 bits per heavy atom. The number of aryl methyl sites for hydroxylation is 1. The van der Waals surface area contributed by atoms with Crippen LogP contribution in [0.4, 0.5) is 0 Å². The summed E-state index contributed by atoms with van der Waals surface area (Å²) in [5.41, 5.74) is 9.01. The van der Waals surface area contributed by atoms with Crippen LogP contribution in [0.1, 0.15) is 83.2 Å². The Hall–Kier alpha value is -5.01. The van der Waals surface area contributed by atoms with E-state index in [9.17, 15) is 27.6 Å². The molecule has 0 aliphatic carbocycles. The molecule has 0 spiro atoms. The lowest BCUT2D eigenvalue weighted by Crippen LogP contribution is -2.62. The number of cyclic esters (lactones) is 1. The summed E-state index contributed by atoms with van der Waals surface area (Å²) in [7, 11) is 1.60. The molecule has 7 rings (SSSR count). The van der Waals surface area contributed by atoms with Crippen LogP contribution in [0.5, 0.6) is 0 Å². The lowest BCUT2D eigenvalue weighted by molar-refractivity contribution is -0.155. The fourth-order valence-electron chi connectivity index (χ4n) is 9.39. The van der Waals surface area contributed by atoms with Crippen molar-refractivity contribution in [2.24, 2.45) is 24.3 Å². The van der Waals surface area contributed by atoms with Crippen LogP contribution in [0.25, 0.3) is 33.4 Å². The van der Waals surface area contributed by atoms with E-state index >= 15 is 0 Å². The number of carbonyl (C=O) groups excluding carboxylic acids is 4. The maximum atomic E-state index is 14.6. The van der Waals surface area contributed by atoms with Gasteiger partial charge < -0.3 is 24.3 Å². The number of amides is 3. The number of rotatable bonds is 10. The number of nitrogens with one attached hydrogen (secondary N) is 2. The SMILES string of the molecule is C/C=C/S(=O)(=O)N1CC[C@H](C(=O)N(C)[C@H](C(=O)N[C@H]2Cc3nc(cs3)-c3ccc4c(c3)c(c(-c3cccnc3[C@H](C)OC)n4C)CC(C)(C)COC(=O)[C@@H]3CCCN(N3)C2=O)C(C)C)C1. The summed E-state index contributed by atoms with van der Waals surface area (Å²) >= 11 is 1.38. The zero-order valence-corrected chi connectivity index (χ0v) is 40.4. The lowest BCUT2D eigenvalue weighted by Gasteiger charge is -2.36. The molecule has 0 saturated carbocycles. The number of sulfonamides is 1. The van der Waals surface area contributed by atoms with Crippen LogP contribution >= 0.6 is 11.3 Å². The van der Waals surface area contributed by atoms with Gasteiger partial charge in [-0.15, -0.1) is 11.3 Å². The third-order valence-electron chi connectivity index (χ3n) is 12.8. The Balaban J connectivity index is 1.24. The first-order chi connectivity index (χ1) is 30.8. The number of pyridine rings is 1. The molecule has 2 fully saturated rings. The van der Waals surface area contributed by atoms with Gasteiger partial charge in [-0.05, 0) is 75.3 Å². The maximum absolute atomic E-state index is 14.6. The number of aromatic nitrogens is 3. The van der Waals surface area contributed by atoms with E-state index in [4.69, 9.17) is 19.4 Å². The monoisotopic (exact) mass is 930 g/mol. The normalized spacial score (nSPS) is 21.9. The minimum Gasteiger partial charge on any atom is -0.464 e. The molecule has 3 aromatic heterocycles. The van der Waals surface area contributed by atoms with Gasteiger partial charge in [0.25, 0.3) is 5.91 Å². The number of carbonyl (C=O) groups is 4. The molecule has 350 valence electrons. The molecule has 3 aliphatic rings. The fourth-order valence-corrected chi connectivity index (χ4v) is 11.5. The first kappa shape index (κ1) is 47.9. The largest absolute Gasteiger partial charge is 0.464 e. The van der Waals surface area contributed by atoms with Crippen molar-refractivity contribution in [3.8, 4) is 22.5 Å². The van der Waals surface area contributed by atoms with E-state index in [-0.39, 0.29) is 44.0 Å². The third kappa shape index (κ3) is 10.1. The predicted octanol–water partition coefficient (Wildman–Crippen LogP) is 5.39. The van der Waals surface area contributed by atoms with Crippen LogP contribution < -0.4 is 10.7 Å². The van der Waals surface area contributed by atoms with E-state index in [2.05, 4.69) is 47.4 Å². The summed E-state index contributed by atoms with van der Waals surface area (Å²) in [6, 6.07) is 7.34. The number of ether oxygens (including phenoxy) is 2. The van der Waals surface area contributed by atoms with Crippen LogP contribution in [0, 0.1) is 17.3 Å². The van der Waals surface area contributed by atoms with Crippen molar-refractivity contribution in [3.05, 3.63) is 69.7 Å². The Labute approximate surface area is 385 Å². The van der Waals surface area contributed by atoms with Crippen LogP contribution in [-0.2, 0) is 58.6 Å². The Morgan fingerprint density at radius 3 is 2.63 bits per heavy atom. The van der Waals surface area contributed by atoms with Gasteiger partial charge >= 0.3 is 5.97 Å².